The summed E-state index contributed by atoms with van der Waals surface area (Å²) in [6, 6.07) is 6.87. The highest BCUT2D eigenvalue weighted by Crippen LogP contribution is 2.26. The van der Waals surface area contributed by atoms with Crippen molar-refractivity contribution in [2.45, 2.75) is 19.9 Å². The van der Waals surface area contributed by atoms with Gasteiger partial charge in [0.2, 0.25) is 0 Å². The van der Waals surface area contributed by atoms with E-state index < -0.39 is 0 Å². The van der Waals surface area contributed by atoms with Gasteiger partial charge in [-0.1, -0.05) is 17.3 Å². The molecular weight excluding hydrogens is 244 g/mol. The number of fused-ring (bicyclic) bond motifs is 1. The van der Waals surface area contributed by atoms with E-state index >= 15 is 0 Å². The maximum atomic E-state index is 12.2. The van der Waals surface area contributed by atoms with Crippen molar-refractivity contribution >= 4 is 17.6 Å². The van der Waals surface area contributed by atoms with Gasteiger partial charge in [0.25, 0.3) is 11.8 Å². The summed E-state index contributed by atoms with van der Waals surface area (Å²) >= 11 is 0. The second-order valence-electron chi connectivity index (χ2n) is 4.64. The van der Waals surface area contributed by atoms with Gasteiger partial charge in [-0.25, -0.2) is 9.58 Å². The Morgan fingerprint density at radius 2 is 1.63 bits per heavy atom. The molecule has 0 bridgehead atoms. The summed E-state index contributed by atoms with van der Waals surface area (Å²) in [5, 5.41) is 7.81. The summed E-state index contributed by atoms with van der Waals surface area (Å²) in [7, 11) is 0. The van der Waals surface area contributed by atoms with Crippen LogP contribution in [0.25, 0.3) is 0 Å². The van der Waals surface area contributed by atoms with Gasteiger partial charge >= 0.3 is 0 Å². The van der Waals surface area contributed by atoms with Crippen LogP contribution in [0.15, 0.2) is 30.5 Å². The Hall–Kier alpha value is -2.50. The lowest BCUT2D eigenvalue weighted by Crippen LogP contribution is -2.29. The molecule has 1 aromatic carbocycles. The fourth-order valence-corrected chi connectivity index (χ4v) is 2.02. The molecule has 0 N–H and O–H groups in total. The third-order valence-corrected chi connectivity index (χ3v) is 3.05. The molecule has 2 heterocycles. The van der Waals surface area contributed by atoms with Gasteiger partial charge in [0.1, 0.15) is 0 Å². The molecule has 0 radical (unpaired) electrons. The summed E-state index contributed by atoms with van der Waals surface area (Å²) in [5.41, 5.74) is 0.818. The molecule has 96 valence electrons. The van der Waals surface area contributed by atoms with Gasteiger partial charge in [0, 0.05) is 6.04 Å². The zero-order valence-electron chi connectivity index (χ0n) is 10.6. The van der Waals surface area contributed by atoms with Crippen molar-refractivity contribution in [2.75, 3.05) is 4.90 Å². The van der Waals surface area contributed by atoms with E-state index in [4.69, 9.17) is 0 Å². The Balaban J connectivity index is 2.04. The van der Waals surface area contributed by atoms with Gasteiger partial charge in [-0.2, -0.15) is 0 Å². The number of hydrogen-bond acceptors (Lipinski definition) is 4. The predicted octanol–water partition coefficient (Wildman–Crippen LogP) is 1.66. The molecule has 0 saturated heterocycles. The zero-order chi connectivity index (χ0) is 13.6. The first-order valence-electron chi connectivity index (χ1n) is 5.99. The second-order valence-corrected chi connectivity index (χ2v) is 4.64. The molecule has 6 heteroatoms. The minimum Gasteiger partial charge on any atom is -0.268 e. The van der Waals surface area contributed by atoms with Crippen molar-refractivity contribution in [3.05, 3.63) is 41.6 Å². The topological polar surface area (TPSA) is 68.1 Å². The number of carbonyl (C=O) groups excluding carboxylic acids is 2. The van der Waals surface area contributed by atoms with Gasteiger partial charge in [0.15, 0.2) is 5.82 Å². The maximum Gasteiger partial charge on any atom is 0.267 e. The average molecular weight is 256 g/mol. The van der Waals surface area contributed by atoms with E-state index in [1.54, 1.807) is 35.1 Å². The van der Waals surface area contributed by atoms with Crippen LogP contribution in [-0.4, -0.2) is 26.8 Å². The predicted molar refractivity (Wildman–Crippen MR) is 68.0 cm³/mol. The summed E-state index contributed by atoms with van der Waals surface area (Å²) in [6.45, 7) is 3.89. The van der Waals surface area contributed by atoms with Gasteiger partial charge in [-0.05, 0) is 26.0 Å². The van der Waals surface area contributed by atoms with E-state index in [2.05, 4.69) is 10.3 Å². The molecular formula is C13H12N4O2. The number of carbonyl (C=O) groups is 2. The number of rotatable bonds is 2. The van der Waals surface area contributed by atoms with E-state index in [0.29, 0.717) is 11.1 Å². The number of benzene rings is 1. The molecule has 2 aromatic rings. The van der Waals surface area contributed by atoms with Crippen LogP contribution in [-0.2, 0) is 0 Å². The highest BCUT2D eigenvalue weighted by Gasteiger charge is 2.37. The van der Waals surface area contributed by atoms with Crippen LogP contribution in [0.3, 0.4) is 0 Å². The highest BCUT2D eigenvalue weighted by atomic mass is 16.2. The molecule has 1 aliphatic heterocycles. The van der Waals surface area contributed by atoms with Crippen LogP contribution in [0, 0.1) is 0 Å². The quantitative estimate of drug-likeness (QED) is 0.766. The third-order valence-electron chi connectivity index (χ3n) is 3.05. The first-order valence-corrected chi connectivity index (χ1v) is 5.99. The van der Waals surface area contributed by atoms with Gasteiger partial charge < -0.3 is 0 Å². The van der Waals surface area contributed by atoms with Gasteiger partial charge in [-0.15, -0.1) is 5.10 Å². The highest BCUT2D eigenvalue weighted by molar-refractivity contribution is 6.34. The van der Waals surface area contributed by atoms with Crippen molar-refractivity contribution in [3.63, 3.8) is 0 Å². The van der Waals surface area contributed by atoms with Crippen LogP contribution in [0.4, 0.5) is 5.82 Å². The minimum atomic E-state index is -0.351. The third kappa shape index (κ3) is 1.64. The molecule has 0 saturated carbocycles. The normalized spacial score (nSPS) is 14.4. The zero-order valence-corrected chi connectivity index (χ0v) is 10.6. The molecule has 1 aliphatic rings. The van der Waals surface area contributed by atoms with Crippen molar-refractivity contribution in [3.8, 4) is 0 Å². The molecule has 6 nitrogen and oxygen atoms in total. The molecule has 0 unspecified atom stereocenters. The Labute approximate surface area is 109 Å². The molecule has 1 aromatic heterocycles. The lowest BCUT2D eigenvalue weighted by molar-refractivity contribution is 0.0925. The van der Waals surface area contributed by atoms with Crippen molar-refractivity contribution in [1.29, 1.82) is 0 Å². The number of aromatic nitrogens is 3. The summed E-state index contributed by atoms with van der Waals surface area (Å²) < 4.78 is 1.61. The summed E-state index contributed by atoms with van der Waals surface area (Å²) in [4.78, 5) is 25.5. The Morgan fingerprint density at radius 3 is 2.11 bits per heavy atom. The molecule has 3 rings (SSSR count). The van der Waals surface area contributed by atoms with E-state index in [9.17, 15) is 9.59 Å². The molecule has 0 aliphatic carbocycles. The standard InChI is InChI=1S/C13H12N4O2/c1-8(2)16-7-11(14-15-16)17-12(18)9-5-3-4-6-10(9)13(17)19/h3-8H,1-2H3. The average Bonchev–Trinajstić information content (AvgIpc) is 2.96. The van der Waals surface area contributed by atoms with Gasteiger partial charge in [-0.3, -0.25) is 9.59 Å². The van der Waals surface area contributed by atoms with E-state index in [1.807, 2.05) is 13.8 Å². The number of imide groups is 1. The monoisotopic (exact) mass is 256 g/mol. The first-order chi connectivity index (χ1) is 9.09. The fourth-order valence-electron chi connectivity index (χ4n) is 2.02. The van der Waals surface area contributed by atoms with E-state index in [1.165, 1.54) is 0 Å². The van der Waals surface area contributed by atoms with Crippen molar-refractivity contribution < 1.29 is 9.59 Å². The molecule has 19 heavy (non-hydrogen) atoms. The fraction of sp³-hybridized carbons (Fsp3) is 0.231. The number of hydrogen-bond donors (Lipinski definition) is 0. The first kappa shape index (κ1) is 11.6. The number of anilines is 1. The SMILES string of the molecule is CC(C)n1cc(N2C(=O)c3ccccc3C2=O)nn1. The summed E-state index contributed by atoms with van der Waals surface area (Å²) in [6.07, 6.45) is 1.60. The number of nitrogens with zero attached hydrogens (tertiary/aromatic N) is 4. The summed E-state index contributed by atoms with van der Waals surface area (Å²) in [5.74, 6) is -0.437. The Morgan fingerprint density at radius 1 is 1.05 bits per heavy atom. The largest absolute Gasteiger partial charge is 0.268 e. The van der Waals surface area contributed by atoms with Crippen LogP contribution in [0.5, 0.6) is 0 Å². The maximum absolute atomic E-state index is 12.2. The van der Waals surface area contributed by atoms with Crippen LogP contribution < -0.4 is 4.90 Å². The molecule has 2 amide bonds. The Bertz CT molecular complexity index is 640. The lowest BCUT2D eigenvalue weighted by atomic mass is 10.1. The van der Waals surface area contributed by atoms with Crippen LogP contribution >= 0.6 is 0 Å². The van der Waals surface area contributed by atoms with E-state index in [0.717, 1.165) is 4.90 Å². The van der Waals surface area contributed by atoms with Crippen molar-refractivity contribution in [1.82, 2.24) is 15.0 Å². The molecule has 0 atom stereocenters. The molecule has 0 fully saturated rings. The lowest BCUT2D eigenvalue weighted by Gasteiger charge is -2.08. The Kier molecular flexibility index (Phi) is 2.45. The number of amides is 2. The second kappa shape index (κ2) is 4.01. The smallest absolute Gasteiger partial charge is 0.267 e. The van der Waals surface area contributed by atoms with Gasteiger partial charge in [0.05, 0.1) is 17.3 Å². The van der Waals surface area contributed by atoms with E-state index in [-0.39, 0.29) is 23.7 Å². The van der Waals surface area contributed by atoms with Crippen LogP contribution in [0.2, 0.25) is 0 Å². The molecule has 0 spiro atoms. The van der Waals surface area contributed by atoms with Crippen LogP contribution in [0.1, 0.15) is 40.6 Å². The minimum absolute atomic E-state index is 0.122. The van der Waals surface area contributed by atoms with Crippen molar-refractivity contribution in [2.24, 2.45) is 0 Å².